The maximum Gasteiger partial charge on any atom is 0.0126 e. The van der Waals surface area contributed by atoms with Crippen LogP contribution < -0.4 is 5.32 Å². The molecule has 16 heavy (non-hydrogen) atoms. The lowest BCUT2D eigenvalue weighted by molar-refractivity contribution is 0.116. The summed E-state index contributed by atoms with van der Waals surface area (Å²) in [6.07, 6.45) is 10.2. The van der Waals surface area contributed by atoms with Crippen LogP contribution in [-0.2, 0) is 0 Å². The lowest BCUT2D eigenvalue weighted by Gasteiger charge is -2.37. The van der Waals surface area contributed by atoms with Crippen LogP contribution in [-0.4, -0.2) is 37.1 Å². The minimum absolute atomic E-state index is 0.861. The summed E-state index contributed by atoms with van der Waals surface area (Å²) < 4.78 is 0. The van der Waals surface area contributed by atoms with Gasteiger partial charge in [0.2, 0.25) is 0 Å². The van der Waals surface area contributed by atoms with Crippen LogP contribution in [0.5, 0.6) is 0 Å². The van der Waals surface area contributed by atoms with Crippen LogP contribution in [0.3, 0.4) is 0 Å². The second kappa shape index (κ2) is 4.66. The molecule has 0 radical (unpaired) electrons. The van der Waals surface area contributed by atoms with E-state index in [1.54, 1.807) is 6.42 Å². The minimum atomic E-state index is 0.861. The normalized spacial score (nSPS) is 43.9. The topological polar surface area (TPSA) is 15.3 Å². The standard InChI is InChI=1S/C14H26N2/c1-16(13-3-2-7-15-8-6-13)14-10-11-4-5-12(14)9-11/h11-15H,2-10H2,1H3. The number of rotatable bonds is 2. The van der Waals surface area contributed by atoms with Gasteiger partial charge < -0.3 is 10.2 Å². The molecule has 3 rings (SSSR count). The van der Waals surface area contributed by atoms with Crippen LogP contribution in [0.4, 0.5) is 0 Å². The van der Waals surface area contributed by atoms with Crippen molar-refractivity contribution in [2.45, 2.75) is 57.0 Å². The summed E-state index contributed by atoms with van der Waals surface area (Å²) >= 11 is 0. The first-order valence-electron chi connectivity index (χ1n) is 7.27. The minimum Gasteiger partial charge on any atom is -0.317 e. The van der Waals surface area contributed by atoms with Gasteiger partial charge in [0.15, 0.2) is 0 Å². The van der Waals surface area contributed by atoms with Gasteiger partial charge in [0.25, 0.3) is 0 Å². The molecule has 2 nitrogen and oxygen atoms in total. The van der Waals surface area contributed by atoms with E-state index in [0.29, 0.717) is 0 Å². The lowest BCUT2D eigenvalue weighted by Crippen LogP contribution is -2.43. The molecule has 0 amide bonds. The van der Waals surface area contributed by atoms with Gasteiger partial charge in [-0.05, 0) is 70.5 Å². The molecule has 2 aliphatic carbocycles. The van der Waals surface area contributed by atoms with Gasteiger partial charge in [-0.3, -0.25) is 0 Å². The third kappa shape index (κ3) is 2.02. The zero-order chi connectivity index (χ0) is 11.0. The molecule has 0 aromatic heterocycles. The van der Waals surface area contributed by atoms with Gasteiger partial charge in [-0.2, -0.15) is 0 Å². The van der Waals surface area contributed by atoms with Gasteiger partial charge in [-0.1, -0.05) is 6.42 Å². The summed E-state index contributed by atoms with van der Waals surface area (Å²) in [7, 11) is 2.40. The highest BCUT2D eigenvalue weighted by Crippen LogP contribution is 2.47. The van der Waals surface area contributed by atoms with Crippen LogP contribution in [0, 0.1) is 11.8 Å². The Hall–Kier alpha value is -0.0800. The highest BCUT2D eigenvalue weighted by atomic mass is 15.2. The number of nitrogens with zero attached hydrogens (tertiary/aromatic N) is 1. The van der Waals surface area contributed by atoms with Gasteiger partial charge in [0, 0.05) is 12.1 Å². The van der Waals surface area contributed by atoms with Crippen molar-refractivity contribution in [1.29, 1.82) is 0 Å². The van der Waals surface area contributed by atoms with Crippen LogP contribution >= 0.6 is 0 Å². The first-order valence-corrected chi connectivity index (χ1v) is 7.27. The molecule has 1 heterocycles. The Balaban J connectivity index is 1.61. The highest BCUT2D eigenvalue weighted by Gasteiger charge is 2.42. The van der Waals surface area contributed by atoms with Gasteiger partial charge in [0.05, 0.1) is 0 Å². The Morgan fingerprint density at radius 1 is 1.00 bits per heavy atom. The van der Waals surface area contributed by atoms with Crippen molar-refractivity contribution in [3.05, 3.63) is 0 Å². The quantitative estimate of drug-likeness (QED) is 0.771. The third-order valence-corrected chi connectivity index (χ3v) is 5.35. The van der Waals surface area contributed by atoms with Crippen LogP contribution in [0.25, 0.3) is 0 Å². The molecule has 0 aromatic carbocycles. The molecule has 3 fully saturated rings. The number of nitrogens with one attached hydrogen (secondary N) is 1. The summed E-state index contributed by atoms with van der Waals surface area (Å²) in [5.74, 6) is 2.13. The van der Waals surface area contributed by atoms with Gasteiger partial charge in [-0.15, -0.1) is 0 Å². The van der Waals surface area contributed by atoms with E-state index in [2.05, 4.69) is 17.3 Å². The summed E-state index contributed by atoms with van der Waals surface area (Å²) in [5.41, 5.74) is 0. The predicted octanol–water partition coefficient (Wildman–Crippen LogP) is 2.25. The molecule has 2 bridgehead atoms. The molecule has 4 atom stereocenters. The Labute approximate surface area is 99.8 Å². The first-order chi connectivity index (χ1) is 7.84. The van der Waals surface area contributed by atoms with Crippen LogP contribution in [0.1, 0.15) is 44.9 Å². The van der Waals surface area contributed by atoms with E-state index in [1.807, 2.05) is 0 Å². The highest BCUT2D eigenvalue weighted by molar-refractivity contribution is 4.96. The fraction of sp³-hybridized carbons (Fsp3) is 1.00. The van der Waals surface area contributed by atoms with Crippen LogP contribution in [0.15, 0.2) is 0 Å². The average molecular weight is 222 g/mol. The Kier molecular flexibility index (Phi) is 3.21. The average Bonchev–Trinajstić information content (AvgIpc) is 2.82. The van der Waals surface area contributed by atoms with E-state index in [1.165, 1.54) is 51.6 Å². The number of fused-ring (bicyclic) bond motifs is 2. The number of hydrogen-bond donors (Lipinski definition) is 1. The fourth-order valence-corrected chi connectivity index (χ4v) is 4.39. The molecule has 4 unspecified atom stereocenters. The Morgan fingerprint density at radius 2 is 1.94 bits per heavy atom. The second-order valence-electron chi connectivity index (χ2n) is 6.24. The molecule has 2 heteroatoms. The summed E-state index contributed by atoms with van der Waals surface area (Å²) in [6, 6.07) is 1.79. The van der Waals surface area contributed by atoms with Gasteiger partial charge in [-0.25, -0.2) is 0 Å². The van der Waals surface area contributed by atoms with Crippen molar-refractivity contribution in [2.75, 3.05) is 20.1 Å². The third-order valence-electron chi connectivity index (χ3n) is 5.35. The molecule has 3 aliphatic rings. The second-order valence-corrected chi connectivity index (χ2v) is 6.24. The first kappa shape index (κ1) is 11.0. The summed E-state index contributed by atoms with van der Waals surface area (Å²) in [5, 5.41) is 3.53. The Morgan fingerprint density at radius 3 is 2.69 bits per heavy atom. The van der Waals surface area contributed by atoms with E-state index in [-0.39, 0.29) is 0 Å². The molecule has 1 saturated heterocycles. The van der Waals surface area contributed by atoms with E-state index in [0.717, 1.165) is 23.9 Å². The largest absolute Gasteiger partial charge is 0.317 e. The zero-order valence-electron chi connectivity index (χ0n) is 10.6. The smallest absolute Gasteiger partial charge is 0.0126 e. The van der Waals surface area contributed by atoms with E-state index in [9.17, 15) is 0 Å². The van der Waals surface area contributed by atoms with Gasteiger partial charge in [0.1, 0.15) is 0 Å². The van der Waals surface area contributed by atoms with Crippen molar-refractivity contribution in [2.24, 2.45) is 11.8 Å². The molecule has 2 saturated carbocycles. The predicted molar refractivity (Wildman–Crippen MR) is 67.5 cm³/mol. The van der Waals surface area contributed by atoms with Gasteiger partial charge >= 0.3 is 0 Å². The van der Waals surface area contributed by atoms with E-state index >= 15 is 0 Å². The fourth-order valence-electron chi connectivity index (χ4n) is 4.39. The molecule has 0 spiro atoms. The molecular weight excluding hydrogens is 196 g/mol. The lowest BCUT2D eigenvalue weighted by atomic mass is 9.92. The van der Waals surface area contributed by atoms with Crippen molar-refractivity contribution in [1.82, 2.24) is 10.2 Å². The van der Waals surface area contributed by atoms with Crippen molar-refractivity contribution in [3.63, 3.8) is 0 Å². The summed E-state index contributed by atoms with van der Waals surface area (Å²) in [6.45, 7) is 2.47. The monoisotopic (exact) mass is 222 g/mol. The van der Waals surface area contributed by atoms with E-state index < -0.39 is 0 Å². The molecular formula is C14H26N2. The molecule has 1 N–H and O–H groups in total. The summed E-state index contributed by atoms with van der Waals surface area (Å²) in [4.78, 5) is 2.76. The number of hydrogen-bond acceptors (Lipinski definition) is 2. The van der Waals surface area contributed by atoms with Crippen molar-refractivity contribution < 1.29 is 0 Å². The Bertz CT molecular complexity index is 233. The molecule has 1 aliphatic heterocycles. The van der Waals surface area contributed by atoms with Crippen molar-refractivity contribution in [3.8, 4) is 0 Å². The SMILES string of the molecule is CN(C1CCCNCC1)C1CC2CCC1C2. The maximum atomic E-state index is 3.53. The van der Waals surface area contributed by atoms with Crippen molar-refractivity contribution >= 4 is 0 Å². The van der Waals surface area contributed by atoms with E-state index in [4.69, 9.17) is 0 Å². The molecule has 0 aromatic rings. The molecule has 92 valence electrons. The maximum absolute atomic E-state index is 3.53. The van der Waals surface area contributed by atoms with Crippen LogP contribution in [0.2, 0.25) is 0 Å². The zero-order valence-corrected chi connectivity index (χ0v) is 10.6.